The normalized spacial score (nSPS) is 12.3. The van der Waals surface area contributed by atoms with Crippen LogP contribution in [0.15, 0.2) is 48.6 Å². The molecule has 0 N–H and O–H groups in total. The zero-order valence-corrected chi connectivity index (χ0v) is 51.7. The highest BCUT2D eigenvalue weighted by Gasteiger charge is 2.19. The largest absolute Gasteiger partial charge is 0.462 e. The van der Waals surface area contributed by atoms with Crippen molar-refractivity contribution in [1.82, 2.24) is 0 Å². The van der Waals surface area contributed by atoms with Crippen molar-refractivity contribution in [2.24, 2.45) is 0 Å². The average molecular weight is 1080 g/mol. The van der Waals surface area contributed by atoms with E-state index < -0.39 is 6.10 Å². The van der Waals surface area contributed by atoms with Gasteiger partial charge in [0.2, 0.25) is 0 Å². The van der Waals surface area contributed by atoms with Gasteiger partial charge in [-0.3, -0.25) is 14.4 Å². The number of carbonyl (C=O) groups is 3. The van der Waals surface area contributed by atoms with E-state index in [2.05, 4.69) is 69.4 Å². The van der Waals surface area contributed by atoms with Crippen molar-refractivity contribution in [3.63, 3.8) is 0 Å². The first-order chi connectivity index (χ1) is 38.0. The molecule has 0 spiro atoms. The summed E-state index contributed by atoms with van der Waals surface area (Å²) in [6.07, 6.45) is 82.6. The van der Waals surface area contributed by atoms with Gasteiger partial charge in [0.1, 0.15) is 13.2 Å². The average Bonchev–Trinajstić information content (AvgIpc) is 3.43. The first-order valence-corrected chi connectivity index (χ1v) is 34.1. The van der Waals surface area contributed by atoms with Gasteiger partial charge in [-0.05, 0) is 83.5 Å². The topological polar surface area (TPSA) is 78.9 Å². The highest BCUT2D eigenvalue weighted by molar-refractivity contribution is 5.71. The summed E-state index contributed by atoms with van der Waals surface area (Å²) in [6.45, 7) is 6.68. The molecule has 1 unspecified atom stereocenters. The quantitative estimate of drug-likeness (QED) is 0.0261. The smallest absolute Gasteiger partial charge is 0.306 e. The lowest BCUT2D eigenvalue weighted by molar-refractivity contribution is -0.167. The van der Waals surface area contributed by atoms with E-state index in [0.717, 1.165) is 83.5 Å². The van der Waals surface area contributed by atoms with E-state index in [1.165, 1.54) is 244 Å². The third-order valence-electron chi connectivity index (χ3n) is 15.3. The molecule has 0 heterocycles. The number of esters is 3. The molecule has 0 aliphatic carbocycles. The predicted molar refractivity (Wildman–Crippen MR) is 335 cm³/mol. The van der Waals surface area contributed by atoms with Gasteiger partial charge in [-0.2, -0.15) is 0 Å². The summed E-state index contributed by atoms with van der Waals surface area (Å²) in [5, 5.41) is 0. The van der Waals surface area contributed by atoms with E-state index in [4.69, 9.17) is 14.2 Å². The van der Waals surface area contributed by atoms with E-state index in [0.29, 0.717) is 19.3 Å². The molecule has 0 radical (unpaired) electrons. The van der Waals surface area contributed by atoms with Crippen molar-refractivity contribution in [2.45, 2.75) is 374 Å². The molecule has 0 saturated heterocycles. The van der Waals surface area contributed by atoms with Crippen molar-refractivity contribution in [3.05, 3.63) is 48.6 Å². The molecule has 0 aliphatic rings. The summed E-state index contributed by atoms with van der Waals surface area (Å²) < 4.78 is 17.0. The molecule has 0 amide bonds. The molecule has 450 valence electrons. The molecule has 0 saturated carbocycles. The van der Waals surface area contributed by atoms with Gasteiger partial charge < -0.3 is 14.2 Å². The van der Waals surface area contributed by atoms with Gasteiger partial charge in [0.25, 0.3) is 0 Å². The Kier molecular flexibility index (Phi) is 63.6. The standard InChI is InChI=1S/C71H130O6/c1-4-7-10-13-16-19-22-25-28-31-33-35-36-37-39-40-43-46-49-52-55-58-61-64-70(73)76-67-68(66-75-69(72)63-60-57-54-51-48-45-42-30-27-24-21-18-15-12-9-6-3)77-71(74)65-62-59-56-53-50-47-44-41-38-34-32-29-26-23-20-17-14-11-8-5-2/h22,25,30-31,33,36-37,42,68H,4-21,23-24,26-29,32,34-35,38-41,43-67H2,1-3H3/b25-22-,33-31-,37-36-,42-30-. The van der Waals surface area contributed by atoms with Gasteiger partial charge >= 0.3 is 17.9 Å². The molecule has 0 aliphatic heterocycles. The molecule has 6 heteroatoms. The summed E-state index contributed by atoms with van der Waals surface area (Å²) in [5.74, 6) is -0.865. The first kappa shape index (κ1) is 74.4. The minimum Gasteiger partial charge on any atom is -0.462 e. The zero-order chi connectivity index (χ0) is 55.7. The van der Waals surface area contributed by atoms with Gasteiger partial charge in [0, 0.05) is 19.3 Å². The highest BCUT2D eigenvalue weighted by Crippen LogP contribution is 2.18. The van der Waals surface area contributed by atoms with Crippen molar-refractivity contribution in [2.75, 3.05) is 13.2 Å². The molecule has 0 fully saturated rings. The molecule has 0 bridgehead atoms. The maximum atomic E-state index is 12.9. The SMILES string of the molecule is CCCCCCC/C=C\C/C=C\C/C=C\CCCCCCCCCCC(=O)OCC(COC(=O)CCCCCCC/C=C\CCCCCCCCC)OC(=O)CCCCCCCCCCCCCCCCCCCCCC. The number of ether oxygens (including phenoxy) is 3. The number of unbranched alkanes of at least 4 members (excludes halogenated alkanes) is 44. The summed E-state index contributed by atoms with van der Waals surface area (Å²) >= 11 is 0. The van der Waals surface area contributed by atoms with Crippen molar-refractivity contribution >= 4 is 17.9 Å². The fraction of sp³-hybridized carbons (Fsp3) is 0.845. The lowest BCUT2D eigenvalue weighted by Gasteiger charge is -2.18. The van der Waals surface area contributed by atoms with Crippen LogP contribution < -0.4 is 0 Å². The Balaban J connectivity index is 4.34. The van der Waals surface area contributed by atoms with Crippen LogP contribution in [0, 0.1) is 0 Å². The van der Waals surface area contributed by atoms with E-state index in [-0.39, 0.29) is 31.1 Å². The lowest BCUT2D eigenvalue weighted by atomic mass is 10.0. The van der Waals surface area contributed by atoms with Crippen LogP contribution in [0.25, 0.3) is 0 Å². The van der Waals surface area contributed by atoms with Crippen LogP contribution >= 0.6 is 0 Å². The number of rotatable bonds is 63. The fourth-order valence-electron chi connectivity index (χ4n) is 10.2. The Morgan fingerprint density at radius 1 is 0.260 bits per heavy atom. The minimum atomic E-state index is -0.779. The molecule has 1 atom stereocenters. The molecule has 0 rings (SSSR count). The molecular formula is C71H130O6. The predicted octanol–water partition coefficient (Wildman–Crippen LogP) is 23.3. The molecular weight excluding hydrogens is 949 g/mol. The summed E-state index contributed by atoms with van der Waals surface area (Å²) in [6, 6.07) is 0. The van der Waals surface area contributed by atoms with Gasteiger partial charge in [-0.1, -0.05) is 313 Å². The van der Waals surface area contributed by atoms with Crippen LogP contribution in [-0.2, 0) is 28.6 Å². The maximum absolute atomic E-state index is 12.9. The van der Waals surface area contributed by atoms with Gasteiger partial charge in [0.15, 0.2) is 6.10 Å². The van der Waals surface area contributed by atoms with Crippen LogP contribution in [-0.4, -0.2) is 37.2 Å². The molecule has 77 heavy (non-hydrogen) atoms. The zero-order valence-electron chi connectivity index (χ0n) is 51.7. The second-order valence-corrected chi connectivity index (χ2v) is 23.1. The Hall–Kier alpha value is -2.63. The van der Waals surface area contributed by atoms with Crippen LogP contribution in [0.1, 0.15) is 367 Å². The Morgan fingerprint density at radius 3 is 0.740 bits per heavy atom. The second-order valence-electron chi connectivity index (χ2n) is 23.1. The molecule has 0 aromatic carbocycles. The van der Waals surface area contributed by atoms with Gasteiger partial charge in [-0.25, -0.2) is 0 Å². The monoisotopic (exact) mass is 1080 g/mol. The van der Waals surface area contributed by atoms with E-state index >= 15 is 0 Å². The third-order valence-corrected chi connectivity index (χ3v) is 15.3. The number of allylic oxidation sites excluding steroid dienone is 8. The minimum absolute atomic E-state index is 0.0759. The summed E-state index contributed by atoms with van der Waals surface area (Å²) in [5.41, 5.74) is 0. The van der Waals surface area contributed by atoms with Crippen molar-refractivity contribution in [1.29, 1.82) is 0 Å². The van der Waals surface area contributed by atoms with Gasteiger partial charge in [-0.15, -0.1) is 0 Å². The number of hydrogen-bond donors (Lipinski definition) is 0. The van der Waals surface area contributed by atoms with E-state index in [1.807, 2.05) is 0 Å². The summed E-state index contributed by atoms with van der Waals surface area (Å²) in [7, 11) is 0. The van der Waals surface area contributed by atoms with E-state index in [1.54, 1.807) is 0 Å². The summed E-state index contributed by atoms with van der Waals surface area (Å²) in [4.78, 5) is 38.4. The number of hydrogen-bond acceptors (Lipinski definition) is 6. The molecule has 0 aromatic heterocycles. The molecule has 6 nitrogen and oxygen atoms in total. The van der Waals surface area contributed by atoms with Crippen LogP contribution in [0.3, 0.4) is 0 Å². The van der Waals surface area contributed by atoms with Gasteiger partial charge in [0.05, 0.1) is 0 Å². The van der Waals surface area contributed by atoms with Crippen molar-refractivity contribution < 1.29 is 28.6 Å². The van der Waals surface area contributed by atoms with Crippen molar-refractivity contribution in [3.8, 4) is 0 Å². The van der Waals surface area contributed by atoms with Crippen LogP contribution in [0.2, 0.25) is 0 Å². The third kappa shape index (κ3) is 64.1. The Morgan fingerprint density at radius 2 is 0.468 bits per heavy atom. The lowest BCUT2D eigenvalue weighted by Crippen LogP contribution is -2.30. The maximum Gasteiger partial charge on any atom is 0.306 e. The Bertz CT molecular complexity index is 1330. The van der Waals surface area contributed by atoms with Crippen LogP contribution in [0.4, 0.5) is 0 Å². The fourth-order valence-corrected chi connectivity index (χ4v) is 10.2. The number of carbonyl (C=O) groups excluding carboxylic acids is 3. The molecule has 0 aromatic rings. The second kappa shape index (κ2) is 65.9. The Labute approximate surface area is 479 Å². The van der Waals surface area contributed by atoms with E-state index in [9.17, 15) is 14.4 Å². The van der Waals surface area contributed by atoms with Crippen LogP contribution in [0.5, 0.6) is 0 Å². The first-order valence-electron chi connectivity index (χ1n) is 34.1. The highest BCUT2D eigenvalue weighted by atomic mass is 16.6.